The second kappa shape index (κ2) is 5.04. The topological polar surface area (TPSA) is 40.5 Å². The van der Waals surface area contributed by atoms with Gasteiger partial charge in [0.1, 0.15) is 0 Å². The van der Waals surface area contributed by atoms with Crippen LogP contribution in [0.5, 0.6) is 0 Å². The quantitative estimate of drug-likeness (QED) is 0.813. The van der Waals surface area contributed by atoms with Crippen molar-refractivity contribution in [3.63, 3.8) is 0 Å². The van der Waals surface area contributed by atoms with Crippen LogP contribution < -0.4 is 4.90 Å². The summed E-state index contributed by atoms with van der Waals surface area (Å²) in [5.41, 5.74) is 2.11. The average molecular weight is 231 g/mol. The Hall–Kier alpha value is -1.77. The van der Waals surface area contributed by atoms with Gasteiger partial charge in [-0.05, 0) is 30.0 Å². The first-order chi connectivity index (χ1) is 8.16. The molecule has 0 saturated carbocycles. The number of carbonyl (C=O) groups is 1. The van der Waals surface area contributed by atoms with E-state index >= 15 is 0 Å². The van der Waals surface area contributed by atoms with Crippen LogP contribution in [-0.4, -0.2) is 24.2 Å². The number of carboxylic acid groups (broad SMARTS) is 1. The first-order valence-electron chi connectivity index (χ1n) is 5.92. The number of benzene rings is 1. The Morgan fingerprint density at radius 2 is 2.24 bits per heavy atom. The van der Waals surface area contributed by atoms with E-state index in [0.717, 1.165) is 24.3 Å². The van der Waals surface area contributed by atoms with E-state index in [4.69, 9.17) is 5.11 Å². The van der Waals surface area contributed by atoms with Crippen molar-refractivity contribution in [2.75, 3.05) is 18.0 Å². The van der Waals surface area contributed by atoms with E-state index in [1.165, 1.54) is 12.5 Å². The van der Waals surface area contributed by atoms with Crippen LogP contribution in [0.25, 0.3) is 6.08 Å². The van der Waals surface area contributed by atoms with Crippen LogP contribution in [0.15, 0.2) is 30.3 Å². The fraction of sp³-hybridized carbons (Fsp3) is 0.357. The van der Waals surface area contributed by atoms with Crippen LogP contribution in [0.2, 0.25) is 0 Å². The van der Waals surface area contributed by atoms with E-state index in [1.54, 1.807) is 6.08 Å². The second-order valence-corrected chi connectivity index (χ2v) is 4.57. The molecule has 1 aliphatic heterocycles. The first kappa shape index (κ1) is 11.7. The minimum atomic E-state index is -0.908. The molecule has 1 saturated heterocycles. The van der Waals surface area contributed by atoms with E-state index in [0.29, 0.717) is 5.92 Å². The van der Waals surface area contributed by atoms with Crippen molar-refractivity contribution in [1.29, 1.82) is 0 Å². The predicted molar refractivity (Wildman–Crippen MR) is 69.1 cm³/mol. The third-order valence-electron chi connectivity index (χ3n) is 3.11. The molecule has 0 spiro atoms. The predicted octanol–water partition coefficient (Wildman–Crippen LogP) is 2.63. The lowest BCUT2D eigenvalue weighted by atomic mass is 10.1. The van der Waals surface area contributed by atoms with Gasteiger partial charge in [-0.15, -0.1) is 0 Å². The molecule has 0 bridgehead atoms. The normalized spacial score (nSPS) is 20.1. The number of aliphatic carboxylic acids is 1. The molecule has 1 unspecified atom stereocenters. The fourth-order valence-corrected chi connectivity index (χ4v) is 2.23. The molecule has 1 fully saturated rings. The maximum atomic E-state index is 10.6. The van der Waals surface area contributed by atoms with E-state index in [1.807, 2.05) is 18.2 Å². The van der Waals surface area contributed by atoms with Crippen LogP contribution >= 0.6 is 0 Å². The van der Waals surface area contributed by atoms with Gasteiger partial charge in [-0.3, -0.25) is 0 Å². The van der Waals surface area contributed by atoms with Crippen molar-refractivity contribution in [2.24, 2.45) is 5.92 Å². The highest BCUT2D eigenvalue weighted by atomic mass is 16.4. The highest BCUT2D eigenvalue weighted by molar-refractivity contribution is 5.87. The Kier molecular flexibility index (Phi) is 3.47. The molecule has 17 heavy (non-hydrogen) atoms. The van der Waals surface area contributed by atoms with E-state index < -0.39 is 5.97 Å². The van der Waals surface area contributed by atoms with Crippen molar-refractivity contribution >= 4 is 17.7 Å². The molecular formula is C14H17NO2. The van der Waals surface area contributed by atoms with Crippen LogP contribution in [0, 0.1) is 5.92 Å². The summed E-state index contributed by atoms with van der Waals surface area (Å²) in [7, 11) is 0. The number of para-hydroxylation sites is 1. The lowest BCUT2D eigenvalue weighted by molar-refractivity contribution is -0.131. The molecule has 1 N–H and O–H groups in total. The third kappa shape index (κ3) is 2.87. The molecule has 0 amide bonds. The highest BCUT2D eigenvalue weighted by Gasteiger charge is 2.19. The molecule has 3 heteroatoms. The molecule has 0 aromatic heterocycles. The number of rotatable bonds is 3. The Labute approximate surface area is 101 Å². The Bertz CT molecular complexity index is 440. The van der Waals surface area contributed by atoms with Gasteiger partial charge in [0.25, 0.3) is 0 Å². The molecule has 1 atom stereocenters. The van der Waals surface area contributed by atoms with E-state index in [9.17, 15) is 4.79 Å². The molecule has 3 nitrogen and oxygen atoms in total. The van der Waals surface area contributed by atoms with Gasteiger partial charge in [-0.25, -0.2) is 4.79 Å². The van der Waals surface area contributed by atoms with Crippen LogP contribution in [0.3, 0.4) is 0 Å². The van der Waals surface area contributed by atoms with Crippen LogP contribution in [-0.2, 0) is 4.79 Å². The van der Waals surface area contributed by atoms with Gasteiger partial charge in [0.2, 0.25) is 0 Å². The minimum absolute atomic E-state index is 0.714. The monoisotopic (exact) mass is 231 g/mol. The lowest BCUT2D eigenvalue weighted by Gasteiger charge is -2.20. The van der Waals surface area contributed by atoms with Crippen molar-refractivity contribution in [3.05, 3.63) is 35.9 Å². The largest absolute Gasteiger partial charge is 0.478 e. The summed E-state index contributed by atoms with van der Waals surface area (Å²) in [5.74, 6) is -0.193. The summed E-state index contributed by atoms with van der Waals surface area (Å²) in [6, 6.07) is 7.94. The van der Waals surface area contributed by atoms with Crippen molar-refractivity contribution in [3.8, 4) is 0 Å². The average Bonchev–Trinajstić information content (AvgIpc) is 2.73. The number of hydrogen-bond acceptors (Lipinski definition) is 2. The number of anilines is 1. The van der Waals surface area contributed by atoms with Gasteiger partial charge in [-0.2, -0.15) is 0 Å². The lowest BCUT2D eigenvalue weighted by Crippen LogP contribution is -2.19. The highest BCUT2D eigenvalue weighted by Crippen LogP contribution is 2.27. The van der Waals surface area contributed by atoms with Crippen molar-refractivity contribution in [1.82, 2.24) is 0 Å². The Morgan fingerprint density at radius 3 is 2.88 bits per heavy atom. The number of carboxylic acids is 1. The Balaban J connectivity index is 2.24. The smallest absolute Gasteiger partial charge is 0.328 e. The maximum Gasteiger partial charge on any atom is 0.328 e. The molecular weight excluding hydrogens is 214 g/mol. The number of hydrogen-bond donors (Lipinski definition) is 1. The second-order valence-electron chi connectivity index (χ2n) is 4.57. The SMILES string of the molecule is CC1CCN(c2ccccc2C=CC(=O)O)C1. The molecule has 2 rings (SSSR count). The van der Waals surface area contributed by atoms with Gasteiger partial charge >= 0.3 is 5.97 Å². The molecule has 1 aliphatic rings. The third-order valence-corrected chi connectivity index (χ3v) is 3.11. The fourth-order valence-electron chi connectivity index (χ4n) is 2.23. The van der Waals surface area contributed by atoms with Crippen molar-refractivity contribution < 1.29 is 9.90 Å². The molecule has 1 aromatic rings. The van der Waals surface area contributed by atoms with Crippen LogP contribution in [0.4, 0.5) is 5.69 Å². The number of nitrogens with zero attached hydrogens (tertiary/aromatic N) is 1. The summed E-state index contributed by atoms with van der Waals surface area (Å²) < 4.78 is 0. The molecule has 0 aliphatic carbocycles. The van der Waals surface area contributed by atoms with E-state index in [2.05, 4.69) is 17.9 Å². The van der Waals surface area contributed by atoms with Gasteiger partial charge in [-0.1, -0.05) is 25.1 Å². The summed E-state index contributed by atoms with van der Waals surface area (Å²) in [6.07, 6.45) is 4.07. The van der Waals surface area contributed by atoms with Gasteiger partial charge < -0.3 is 10.0 Å². The summed E-state index contributed by atoms with van der Waals surface area (Å²) in [4.78, 5) is 12.9. The minimum Gasteiger partial charge on any atom is -0.478 e. The molecule has 1 aromatic carbocycles. The zero-order valence-corrected chi connectivity index (χ0v) is 9.97. The molecule has 1 heterocycles. The van der Waals surface area contributed by atoms with Crippen LogP contribution in [0.1, 0.15) is 18.9 Å². The zero-order valence-electron chi connectivity index (χ0n) is 9.97. The zero-order chi connectivity index (χ0) is 12.3. The van der Waals surface area contributed by atoms with Crippen molar-refractivity contribution in [2.45, 2.75) is 13.3 Å². The van der Waals surface area contributed by atoms with E-state index in [-0.39, 0.29) is 0 Å². The molecule has 90 valence electrons. The Morgan fingerprint density at radius 1 is 1.47 bits per heavy atom. The van der Waals surface area contributed by atoms with Gasteiger partial charge in [0, 0.05) is 24.9 Å². The summed E-state index contributed by atoms with van der Waals surface area (Å²) >= 11 is 0. The van der Waals surface area contributed by atoms with Gasteiger partial charge in [0.15, 0.2) is 0 Å². The molecule has 0 radical (unpaired) electrons. The first-order valence-corrected chi connectivity index (χ1v) is 5.92. The van der Waals surface area contributed by atoms with Gasteiger partial charge in [0.05, 0.1) is 0 Å². The summed E-state index contributed by atoms with van der Waals surface area (Å²) in [6.45, 7) is 4.35. The standard InChI is InChI=1S/C14H17NO2/c1-11-8-9-15(10-11)13-5-3-2-4-12(13)6-7-14(16)17/h2-7,11H,8-10H2,1H3,(H,16,17). The summed E-state index contributed by atoms with van der Waals surface area (Å²) in [5, 5.41) is 8.67. The maximum absolute atomic E-state index is 10.6.